The van der Waals surface area contributed by atoms with Crippen molar-refractivity contribution in [2.45, 2.75) is 43.9 Å². The lowest BCUT2D eigenvalue weighted by molar-refractivity contribution is -0.00516. The molecule has 4 fully saturated rings. The van der Waals surface area contributed by atoms with Crippen molar-refractivity contribution in [1.29, 1.82) is 0 Å². The lowest BCUT2D eigenvalue weighted by Gasteiger charge is -2.57. The molecule has 0 spiro atoms. The average Bonchev–Trinajstić information content (AvgIpc) is 3.31. The van der Waals surface area contributed by atoms with Crippen LogP contribution in [0.2, 0.25) is 0 Å². The van der Waals surface area contributed by atoms with Crippen LogP contribution in [0.3, 0.4) is 0 Å². The molecule has 0 aliphatic heterocycles. The monoisotopic (exact) mass is 789 g/mol. The standard InChI is InChI=1S/C58H51NSi/c1-5-14-46(15-6-1)47-24-28-51(29-25-47)59(52-30-26-48(27-31-52)49-16-13-17-50(39-49)58-40-43-36-44(41-58)38-45(37-43)42-58)53-32-34-57(35-33-53)60(54-18-7-2-8-19-54,55-20-9-3-10-21-55)56-22-11-4-12-23-56/h1-35,39,43-45H,36-38,40-42H2. The van der Waals surface area contributed by atoms with Gasteiger partial charge < -0.3 is 4.90 Å². The van der Waals surface area contributed by atoms with E-state index >= 15 is 0 Å². The third-order valence-corrected chi connectivity index (χ3v) is 19.2. The molecule has 60 heavy (non-hydrogen) atoms. The van der Waals surface area contributed by atoms with Gasteiger partial charge in [0.1, 0.15) is 0 Å². The van der Waals surface area contributed by atoms with Crippen LogP contribution in [0.1, 0.15) is 44.1 Å². The van der Waals surface area contributed by atoms with Gasteiger partial charge in [0.25, 0.3) is 0 Å². The summed E-state index contributed by atoms with van der Waals surface area (Å²) in [6, 6.07) is 81.8. The zero-order valence-corrected chi connectivity index (χ0v) is 35.2. The Morgan fingerprint density at radius 3 is 1.13 bits per heavy atom. The van der Waals surface area contributed by atoms with Crippen molar-refractivity contribution in [2.24, 2.45) is 17.8 Å². The van der Waals surface area contributed by atoms with E-state index in [0.717, 1.165) is 34.8 Å². The number of hydrogen-bond donors (Lipinski definition) is 0. The minimum Gasteiger partial charge on any atom is -0.311 e. The van der Waals surface area contributed by atoms with Crippen molar-refractivity contribution in [3.8, 4) is 22.3 Å². The Balaban J connectivity index is 0.991. The summed E-state index contributed by atoms with van der Waals surface area (Å²) in [4.78, 5) is 2.42. The maximum absolute atomic E-state index is 2.65. The number of nitrogens with zero attached hydrogens (tertiary/aromatic N) is 1. The molecule has 4 aliphatic carbocycles. The lowest BCUT2D eigenvalue weighted by Crippen LogP contribution is -2.74. The van der Waals surface area contributed by atoms with Crippen LogP contribution in [0, 0.1) is 17.8 Å². The van der Waals surface area contributed by atoms with Gasteiger partial charge in [0, 0.05) is 17.1 Å². The van der Waals surface area contributed by atoms with Gasteiger partial charge in [0.2, 0.25) is 0 Å². The molecule has 4 bridgehead atoms. The largest absolute Gasteiger partial charge is 0.311 e. The fraction of sp³-hybridized carbons (Fsp3) is 0.172. The SMILES string of the molecule is c1ccc(-c2ccc(N(c3ccc(-c4cccc(C56CC7CC(CC(C7)C5)C6)c4)cc3)c3ccc([Si](c4ccccc4)(c4ccccc4)c4ccccc4)cc3)cc2)cc1. The van der Waals surface area contributed by atoms with E-state index in [1.165, 1.54) is 81.5 Å². The number of rotatable bonds is 10. The molecule has 4 saturated carbocycles. The van der Waals surface area contributed by atoms with Gasteiger partial charge in [-0.3, -0.25) is 0 Å². The number of hydrogen-bond acceptors (Lipinski definition) is 1. The van der Waals surface area contributed by atoms with E-state index in [2.05, 4.69) is 223 Å². The molecule has 8 aromatic rings. The second kappa shape index (κ2) is 15.4. The summed E-state index contributed by atoms with van der Waals surface area (Å²) >= 11 is 0. The molecule has 8 aromatic carbocycles. The van der Waals surface area contributed by atoms with Crippen molar-refractivity contribution >= 4 is 45.9 Å². The Hall–Kier alpha value is -6.22. The molecule has 0 aromatic heterocycles. The molecule has 1 nitrogen and oxygen atoms in total. The summed E-state index contributed by atoms with van der Waals surface area (Å²) in [6.07, 6.45) is 8.61. The Morgan fingerprint density at radius 1 is 0.333 bits per heavy atom. The van der Waals surface area contributed by atoms with E-state index in [1.54, 1.807) is 5.56 Å². The molecular weight excluding hydrogens is 739 g/mol. The van der Waals surface area contributed by atoms with Crippen LogP contribution in [0.5, 0.6) is 0 Å². The Morgan fingerprint density at radius 2 is 0.683 bits per heavy atom. The molecule has 0 heterocycles. The average molecular weight is 790 g/mol. The van der Waals surface area contributed by atoms with E-state index in [1.807, 2.05) is 0 Å². The third-order valence-electron chi connectivity index (χ3n) is 14.4. The molecule has 0 N–H and O–H groups in total. The van der Waals surface area contributed by atoms with Crippen LogP contribution >= 0.6 is 0 Å². The summed E-state index contributed by atoms with van der Waals surface area (Å²) in [7, 11) is -2.65. The fourth-order valence-electron chi connectivity index (χ4n) is 12.1. The van der Waals surface area contributed by atoms with Gasteiger partial charge >= 0.3 is 0 Å². The lowest BCUT2D eigenvalue weighted by atomic mass is 9.48. The van der Waals surface area contributed by atoms with Crippen LogP contribution in [-0.2, 0) is 5.41 Å². The Bertz CT molecular complexity index is 2560. The predicted octanol–water partition coefficient (Wildman–Crippen LogP) is 12.3. The van der Waals surface area contributed by atoms with Crippen molar-refractivity contribution in [2.75, 3.05) is 4.90 Å². The zero-order chi connectivity index (χ0) is 39.9. The van der Waals surface area contributed by atoms with E-state index in [-0.39, 0.29) is 0 Å². The molecule has 0 atom stereocenters. The molecule has 4 aliphatic rings. The van der Waals surface area contributed by atoms with Crippen molar-refractivity contribution < 1.29 is 0 Å². The molecule has 12 rings (SSSR count). The van der Waals surface area contributed by atoms with Crippen LogP contribution in [0.25, 0.3) is 22.3 Å². The fourth-order valence-corrected chi connectivity index (χ4v) is 16.8. The van der Waals surface area contributed by atoms with Gasteiger partial charge in [-0.1, -0.05) is 182 Å². The van der Waals surface area contributed by atoms with Gasteiger partial charge in [-0.25, -0.2) is 0 Å². The highest BCUT2D eigenvalue weighted by Gasteiger charge is 2.51. The third kappa shape index (κ3) is 6.55. The molecule has 0 unspecified atom stereocenters. The van der Waals surface area contributed by atoms with Crippen molar-refractivity contribution in [3.63, 3.8) is 0 Å². The second-order valence-corrected chi connectivity index (χ2v) is 21.8. The molecule has 0 amide bonds. The summed E-state index contributed by atoms with van der Waals surface area (Å²) in [5.74, 6) is 2.82. The van der Waals surface area contributed by atoms with Crippen molar-refractivity contribution in [3.05, 3.63) is 224 Å². The van der Waals surface area contributed by atoms with Crippen LogP contribution in [0.15, 0.2) is 218 Å². The van der Waals surface area contributed by atoms with Gasteiger partial charge in [-0.05, 0) is 147 Å². The van der Waals surface area contributed by atoms with Crippen LogP contribution in [0.4, 0.5) is 17.1 Å². The normalized spacial score (nSPS) is 20.5. The molecule has 2 heteroatoms. The molecule has 292 valence electrons. The maximum atomic E-state index is 2.54. The summed E-state index contributed by atoms with van der Waals surface area (Å²) in [6.45, 7) is 0. The molecular formula is C58H51NSi. The van der Waals surface area contributed by atoms with Gasteiger partial charge in [-0.2, -0.15) is 0 Å². The first-order valence-corrected chi connectivity index (χ1v) is 24.1. The topological polar surface area (TPSA) is 3.24 Å². The summed E-state index contributed by atoms with van der Waals surface area (Å²) in [5.41, 5.74) is 10.5. The highest BCUT2D eigenvalue weighted by molar-refractivity contribution is 7.19. The molecule has 0 radical (unpaired) electrons. The van der Waals surface area contributed by atoms with E-state index in [0.29, 0.717) is 5.41 Å². The first kappa shape index (κ1) is 36.8. The predicted molar refractivity (Wildman–Crippen MR) is 255 cm³/mol. The highest BCUT2D eigenvalue weighted by atomic mass is 28.3. The Kier molecular flexibility index (Phi) is 9.47. The number of anilines is 3. The van der Waals surface area contributed by atoms with Gasteiger partial charge in [-0.15, -0.1) is 0 Å². The molecule has 0 saturated heterocycles. The van der Waals surface area contributed by atoms with E-state index in [4.69, 9.17) is 0 Å². The number of benzene rings is 8. The van der Waals surface area contributed by atoms with E-state index in [9.17, 15) is 0 Å². The van der Waals surface area contributed by atoms with Crippen LogP contribution in [-0.4, -0.2) is 8.07 Å². The van der Waals surface area contributed by atoms with Crippen molar-refractivity contribution in [1.82, 2.24) is 0 Å². The highest BCUT2D eigenvalue weighted by Crippen LogP contribution is 2.61. The minimum absolute atomic E-state index is 0.390. The first-order chi connectivity index (χ1) is 29.6. The smallest absolute Gasteiger partial charge is 0.179 e. The Labute approximate surface area is 357 Å². The van der Waals surface area contributed by atoms with E-state index < -0.39 is 8.07 Å². The first-order valence-electron chi connectivity index (χ1n) is 22.1. The van der Waals surface area contributed by atoms with Crippen LogP contribution < -0.4 is 25.6 Å². The second-order valence-electron chi connectivity index (χ2n) is 18.0. The van der Waals surface area contributed by atoms with Gasteiger partial charge in [0.05, 0.1) is 0 Å². The summed E-state index contributed by atoms with van der Waals surface area (Å²) < 4.78 is 0. The quantitative estimate of drug-likeness (QED) is 0.0985. The summed E-state index contributed by atoms with van der Waals surface area (Å²) in [5, 5.41) is 5.51. The van der Waals surface area contributed by atoms with Gasteiger partial charge in [0.15, 0.2) is 8.07 Å². The minimum atomic E-state index is -2.65. The maximum Gasteiger partial charge on any atom is 0.179 e. The zero-order valence-electron chi connectivity index (χ0n) is 34.2.